The summed E-state index contributed by atoms with van der Waals surface area (Å²) >= 11 is 0. The minimum absolute atomic E-state index is 0.0878. The first kappa shape index (κ1) is 26.3. The van der Waals surface area contributed by atoms with E-state index in [1.54, 1.807) is 39.0 Å². The monoisotopic (exact) mass is 435 g/mol. The minimum atomic E-state index is -0.635. The number of carbonyl (C=O) groups excluding carboxylic acids is 3. The zero-order valence-electron chi connectivity index (χ0n) is 19.7. The normalized spacial score (nSPS) is 10.9. The number of ether oxygens (including phenoxy) is 2. The van der Waals surface area contributed by atoms with Crippen LogP contribution in [0.1, 0.15) is 66.7 Å². The van der Waals surface area contributed by atoms with Crippen LogP contribution < -0.4 is 15.4 Å². The van der Waals surface area contributed by atoms with Crippen molar-refractivity contribution in [1.82, 2.24) is 4.90 Å². The number of methoxy groups -OCH3 is 1. The number of amides is 3. The van der Waals surface area contributed by atoms with Crippen LogP contribution in [0.25, 0.3) is 0 Å². The first-order valence-electron chi connectivity index (χ1n) is 10.8. The molecule has 0 aliphatic carbocycles. The molecule has 0 heterocycles. The fourth-order valence-electron chi connectivity index (χ4n) is 2.98. The second kappa shape index (κ2) is 12.8. The Balaban J connectivity index is 2.64. The molecule has 1 aromatic carbocycles. The van der Waals surface area contributed by atoms with E-state index in [9.17, 15) is 14.4 Å². The van der Waals surface area contributed by atoms with Gasteiger partial charge in [-0.25, -0.2) is 4.79 Å². The number of benzene rings is 1. The summed E-state index contributed by atoms with van der Waals surface area (Å²) in [5, 5.41) is 5.44. The maximum atomic E-state index is 12.3. The molecule has 8 nitrogen and oxygen atoms in total. The van der Waals surface area contributed by atoms with Gasteiger partial charge in [0.15, 0.2) is 0 Å². The molecule has 0 atom stereocenters. The summed E-state index contributed by atoms with van der Waals surface area (Å²) in [7, 11) is 1.49. The molecule has 0 saturated heterocycles. The van der Waals surface area contributed by atoms with Crippen molar-refractivity contribution in [2.75, 3.05) is 30.8 Å². The van der Waals surface area contributed by atoms with Crippen molar-refractivity contribution in [2.45, 2.75) is 72.3 Å². The smallest absolute Gasteiger partial charge is 0.412 e. The Morgan fingerprint density at radius 2 is 1.65 bits per heavy atom. The summed E-state index contributed by atoms with van der Waals surface area (Å²) in [5.41, 5.74) is 0.269. The van der Waals surface area contributed by atoms with Crippen molar-refractivity contribution in [1.29, 1.82) is 0 Å². The van der Waals surface area contributed by atoms with Crippen LogP contribution >= 0.6 is 0 Å². The average molecular weight is 436 g/mol. The number of anilines is 2. The van der Waals surface area contributed by atoms with E-state index in [-0.39, 0.29) is 18.2 Å². The van der Waals surface area contributed by atoms with Gasteiger partial charge in [-0.05, 0) is 58.2 Å². The highest BCUT2D eigenvalue weighted by molar-refractivity contribution is 5.93. The van der Waals surface area contributed by atoms with Crippen molar-refractivity contribution in [2.24, 2.45) is 0 Å². The molecule has 1 aromatic rings. The second-order valence-electron chi connectivity index (χ2n) is 8.32. The fourth-order valence-corrected chi connectivity index (χ4v) is 2.98. The molecule has 0 bridgehead atoms. The van der Waals surface area contributed by atoms with Crippen molar-refractivity contribution >= 4 is 29.3 Å². The molecule has 0 aromatic heterocycles. The third-order valence-electron chi connectivity index (χ3n) is 4.25. The molecule has 0 unspecified atom stereocenters. The first-order valence-corrected chi connectivity index (χ1v) is 10.8. The first-order chi connectivity index (χ1) is 14.6. The van der Waals surface area contributed by atoms with E-state index in [1.807, 2.05) is 18.7 Å². The molecule has 0 saturated carbocycles. The zero-order chi connectivity index (χ0) is 23.4. The molecule has 8 heteroatoms. The fraction of sp³-hybridized carbons (Fsp3) is 0.609. The molecule has 0 fully saturated rings. The number of nitrogens with one attached hydrogen (secondary N) is 2. The van der Waals surface area contributed by atoms with Gasteiger partial charge in [-0.2, -0.15) is 0 Å². The second-order valence-corrected chi connectivity index (χ2v) is 8.32. The largest absolute Gasteiger partial charge is 0.495 e. The van der Waals surface area contributed by atoms with Gasteiger partial charge in [0.05, 0.1) is 12.8 Å². The van der Waals surface area contributed by atoms with E-state index in [0.29, 0.717) is 30.0 Å². The van der Waals surface area contributed by atoms with Crippen LogP contribution in [0, 0.1) is 0 Å². The average Bonchev–Trinajstić information content (AvgIpc) is 2.66. The molecule has 2 N–H and O–H groups in total. The molecule has 1 rings (SSSR count). The molecule has 0 radical (unpaired) electrons. The summed E-state index contributed by atoms with van der Waals surface area (Å²) in [6.07, 6.45) is 2.29. The predicted octanol–water partition coefficient (Wildman–Crippen LogP) is 4.80. The lowest BCUT2D eigenvalue weighted by Gasteiger charge is -2.21. The Hall–Kier alpha value is -2.77. The van der Waals surface area contributed by atoms with Gasteiger partial charge in [0, 0.05) is 31.6 Å². The molecular weight excluding hydrogens is 398 g/mol. The molecular formula is C23H37N3O5. The number of hydrogen-bond acceptors (Lipinski definition) is 5. The lowest BCUT2D eigenvalue weighted by atomic mass is 10.2. The summed E-state index contributed by atoms with van der Waals surface area (Å²) < 4.78 is 10.5. The van der Waals surface area contributed by atoms with Crippen LogP contribution in [-0.4, -0.2) is 48.6 Å². The van der Waals surface area contributed by atoms with Gasteiger partial charge in [-0.15, -0.1) is 0 Å². The maximum Gasteiger partial charge on any atom is 0.412 e. The SMILES string of the molecule is CCCN(CCC)C(=O)CCCC(=O)Nc1ccc(OC)c(NC(=O)OC(C)(C)C)c1. The van der Waals surface area contributed by atoms with Gasteiger partial charge in [0.2, 0.25) is 11.8 Å². The van der Waals surface area contributed by atoms with Crippen LogP contribution in [0.5, 0.6) is 5.75 Å². The van der Waals surface area contributed by atoms with Gasteiger partial charge in [0.25, 0.3) is 0 Å². The number of carbonyl (C=O) groups is 3. The zero-order valence-corrected chi connectivity index (χ0v) is 19.7. The lowest BCUT2D eigenvalue weighted by molar-refractivity contribution is -0.131. The van der Waals surface area contributed by atoms with E-state index in [0.717, 1.165) is 25.9 Å². The Morgan fingerprint density at radius 3 is 2.19 bits per heavy atom. The van der Waals surface area contributed by atoms with Crippen molar-refractivity contribution in [3.05, 3.63) is 18.2 Å². The molecule has 0 spiro atoms. The van der Waals surface area contributed by atoms with Crippen LogP contribution in [-0.2, 0) is 14.3 Å². The highest BCUT2D eigenvalue weighted by Gasteiger charge is 2.18. The van der Waals surface area contributed by atoms with E-state index in [1.165, 1.54) is 7.11 Å². The Bertz CT molecular complexity index is 737. The summed E-state index contributed by atoms with van der Waals surface area (Å²) in [6.45, 7) is 10.9. The third-order valence-corrected chi connectivity index (χ3v) is 4.25. The summed E-state index contributed by atoms with van der Waals surface area (Å²) in [6, 6.07) is 4.95. The third kappa shape index (κ3) is 10.2. The molecule has 3 amide bonds. The van der Waals surface area contributed by atoms with E-state index in [4.69, 9.17) is 9.47 Å². The van der Waals surface area contributed by atoms with Gasteiger partial charge >= 0.3 is 6.09 Å². The number of rotatable bonds is 11. The Morgan fingerprint density at radius 1 is 1.00 bits per heavy atom. The Kier molecular flexibility index (Phi) is 10.9. The van der Waals surface area contributed by atoms with Crippen LogP contribution in [0.15, 0.2) is 18.2 Å². The van der Waals surface area contributed by atoms with Crippen LogP contribution in [0.2, 0.25) is 0 Å². The van der Waals surface area contributed by atoms with Gasteiger partial charge < -0.3 is 19.7 Å². The molecule has 31 heavy (non-hydrogen) atoms. The van der Waals surface area contributed by atoms with Crippen molar-refractivity contribution in [3.63, 3.8) is 0 Å². The standard InChI is InChI=1S/C23H37N3O5/c1-7-14-26(15-8-2)21(28)11-9-10-20(27)24-17-12-13-19(30-6)18(16-17)25-22(29)31-23(3,4)5/h12-13,16H,7-11,14-15H2,1-6H3,(H,24,27)(H,25,29). The number of nitrogens with zero attached hydrogens (tertiary/aromatic N) is 1. The highest BCUT2D eigenvalue weighted by Crippen LogP contribution is 2.28. The molecule has 174 valence electrons. The van der Waals surface area contributed by atoms with Crippen LogP contribution in [0.4, 0.5) is 16.2 Å². The van der Waals surface area contributed by atoms with Crippen LogP contribution in [0.3, 0.4) is 0 Å². The maximum absolute atomic E-state index is 12.3. The van der Waals surface area contributed by atoms with Gasteiger partial charge in [0.1, 0.15) is 11.4 Å². The molecule has 0 aliphatic heterocycles. The van der Waals surface area contributed by atoms with Crippen molar-refractivity contribution < 1.29 is 23.9 Å². The van der Waals surface area contributed by atoms with E-state index < -0.39 is 11.7 Å². The van der Waals surface area contributed by atoms with Gasteiger partial charge in [-0.1, -0.05) is 13.8 Å². The Labute approximate surface area is 185 Å². The van der Waals surface area contributed by atoms with E-state index >= 15 is 0 Å². The lowest BCUT2D eigenvalue weighted by Crippen LogP contribution is -2.32. The quantitative estimate of drug-likeness (QED) is 0.520. The van der Waals surface area contributed by atoms with Crippen molar-refractivity contribution in [3.8, 4) is 5.75 Å². The minimum Gasteiger partial charge on any atom is -0.495 e. The molecule has 0 aliphatic rings. The summed E-state index contributed by atoms with van der Waals surface area (Å²) in [5.74, 6) is 0.338. The topological polar surface area (TPSA) is 97.0 Å². The number of hydrogen-bond donors (Lipinski definition) is 2. The van der Waals surface area contributed by atoms with E-state index in [2.05, 4.69) is 10.6 Å². The summed E-state index contributed by atoms with van der Waals surface area (Å²) in [4.78, 5) is 38.5. The predicted molar refractivity (Wildman–Crippen MR) is 122 cm³/mol. The van der Waals surface area contributed by atoms with Gasteiger partial charge in [-0.3, -0.25) is 14.9 Å². The highest BCUT2D eigenvalue weighted by atomic mass is 16.6.